The Kier molecular flexibility index (Phi) is 4.39. The van der Waals surface area contributed by atoms with E-state index in [1.165, 1.54) is 66.6 Å². The molecule has 2 saturated heterocycles. The molecule has 0 radical (unpaired) electrons. The lowest BCUT2D eigenvalue weighted by atomic mass is 9.85. The highest BCUT2D eigenvalue weighted by Crippen LogP contribution is 2.43. The van der Waals surface area contributed by atoms with Crippen molar-refractivity contribution >= 4 is 10.9 Å². The Balaban J connectivity index is 1.17. The smallest absolute Gasteiger partial charge is 0.123 e. The summed E-state index contributed by atoms with van der Waals surface area (Å²) in [4.78, 5) is 8.48. The van der Waals surface area contributed by atoms with Crippen molar-refractivity contribution < 1.29 is 4.74 Å². The summed E-state index contributed by atoms with van der Waals surface area (Å²) in [6, 6.07) is 16.4. The SMILES string of the molecule is CN1CCC(N2CCC3(CC2)Cc2cc(-c4ccc5[nH]ccc5c4)ccc2O3)CC1. The van der Waals surface area contributed by atoms with Gasteiger partial charge in [0.05, 0.1) is 0 Å². The minimum absolute atomic E-state index is 0.0213. The highest BCUT2D eigenvalue weighted by molar-refractivity contribution is 5.85. The van der Waals surface area contributed by atoms with Gasteiger partial charge in [0.1, 0.15) is 11.4 Å². The van der Waals surface area contributed by atoms with E-state index in [0.717, 1.165) is 31.1 Å². The molecule has 1 spiro atoms. The molecule has 0 atom stereocenters. The maximum atomic E-state index is 6.60. The maximum absolute atomic E-state index is 6.60. The first kappa shape index (κ1) is 18.5. The van der Waals surface area contributed by atoms with Crippen LogP contribution in [0.1, 0.15) is 31.2 Å². The minimum Gasteiger partial charge on any atom is -0.487 e. The lowest BCUT2D eigenvalue weighted by Crippen LogP contribution is -2.52. The van der Waals surface area contributed by atoms with Gasteiger partial charge in [-0.1, -0.05) is 12.1 Å². The summed E-state index contributed by atoms with van der Waals surface area (Å²) < 4.78 is 6.60. The standard InChI is InChI=1S/C26H31N3O/c1-28-12-7-23(8-13-28)29-14-9-26(10-15-29)18-22-17-20(3-5-25(22)30-26)19-2-4-24-21(16-19)6-11-27-24/h2-6,11,16-17,23,27H,7-10,12-15,18H2,1H3. The van der Waals surface area contributed by atoms with Crippen LogP contribution in [0.25, 0.3) is 22.0 Å². The summed E-state index contributed by atoms with van der Waals surface area (Å²) in [5.74, 6) is 1.11. The number of hydrogen-bond donors (Lipinski definition) is 1. The van der Waals surface area contributed by atoms with Gasteiger partial charge in [0.15, 0.2) is 0 Å². The van der Waals surface area contributed by atoms with Crippen molar-refractivity contribution in [3.8, 4) is 16.9 Å². The number of piperidine rings is 2. The summed E-state index contributed by atoms with van der Waals surface area (Å²) in [5.41, 5.74) is 5.17. The van der Waals surface area contributed by atoms with Crippen molar-refractivity contribution in [3.05, 3.63) is 54.2 Å². The molecule has 6 rings (SSSR count). The van der Waals surface area contributed by atoms with Gasteiger partial charge >= 0.3 is 0 Å². The van der Waals surface area contributed by atoms with Crippen molar-refractivity contribution in [1.29, 1.82) is 0 Å². The Labute approximate surface area is 178 Å². The van der Waals surface area contributed by atoms with Crippen LogP contribution in [0.3, 0.4) is 0 Å². The Morgan fingerprint density at radius 3 is 2.53 bits per heavy atom. The molecule has 4 nitrogen and oxygen atoms in total. The van der Waals surface area contributed by atoms with Crippen LogP contribution in [-0.4, -0.2) is 59.7 Å². The molecule has 2 aromatic carbocycles. The van der Waals surface area contributed by atoms with Crippen LogP contribution in [0, 0.1) is 0 Å². The zero-order valence-electron chi connectivity index (χ0n) is 17.9. The average Bonchev–Trinajstić information content (AvgIpc) is 3.38. The molecule has 1 aromatic heterocycles. The number of aromatic amines is 1. The molecule has 3 aliphatic heterocycles. The van der Waals surface area contributed by atoms with E-state index in [0.29, 0.717) is 0 Å². The molecule has 0 amide bonds. The molecule has 0 saturated carbocycles. The summed E-state index contributed by atoms with van der Waals surface area (Å²) >= 11 is 0. The van der Waals surface area contributed by atoms with E-state index in [2.05, 4.69) is 64.3 Å². The second-order valence-corrected chi connectivity index (χ2v) is 9.63. The first-order valence-corrected chi connectivity index (χ1v) is 11.5. The lowest BCUT2D eigenvalue weighted by molar-refractivity contribution is -0.00401. The molecule has 3 aliphatic rings. The van der Waals surface area contributed by atoms with Crippen LogP contribution < -0.4 is 4.74 Å². The van der Waals surface area contributed by atoms with Gasteiger partial charge < -0.3 is 14.6 Å². The van der Waals surface area contributed by atoms with E-state index < -0.39 is 0 Å². The van der Waals surface area contributed by atoms with Gasteiger partial charge in [-0.3, -0.25) is 4.90 Å². The molecule has 0 unspecified atom stereocenters. The third-order valence-corrected chi connectivity index (χ3v) is 7.70. The molecule has 2 fully saturated rings. The van der Waals surface area contributed by atoms with Crippen LogP contribution in [0.4, 0.5) is 0 Å². The highest BCUT2D eigenvalue weighted by atomic mass is 16.5. The van der Waals surface area contributed by atoms with Crippen molar-refractivity contribution in [2.24, 2.45) is 0 Å². The average molecular weight is 402 g/mol. The lowest BCUT2D eigenvalue weighted by Gasteiger charge is -2.44. The first-order chi connectivity index (χ1) is 14.7. The molecule has 4 heteroatoms. The van der Waals surface area contributed by atoms with Crippen molar-refractivity contribution in [1.82, 2.24) is 14.8 Å². The Bertz CT molecular complexity index is 1060. The van der Waals surface area contributed by atoms with E-state index in [-0.39, 0.29) is 5.60 Å². The topological polar surface area (TPSA) is 31.5 Å². The number of likely N-dealkylation sites (tertiary alicyclic amines) is 2. The number of rotatable bonds is 2. The molecule has 4 heterocycles. The number of hydrogen-bond acceptors (Lipinski definition) is 3. The normalized spacial score (nSPS) is 22.4. The monoisotopic (exact) mass is 401 g/mol. The number of nitrogens with one attached hydrogen (secondary N) is 1. The van der Waals surface area contributed by atoms with Gasteiger partial charge in [-0.05, 0) is 85.4 Å². The number of nitrogens with zero attached hydrogens (tertiary/aromatic N) is 2. The molecule has 3 aromatic rings. The molecule has 0 aliphatic carbocycles. The molecule has 30 heavy (non-hydrogen) atoms. The summed E-state index contributed by atoms with van der Waals surface area (Å²) in [7, 11) is 2.25. The second kappa shape index (κ2) is 7.14. The Hall–Kier alpha value is -2.30. The third kappa shape index (κ3) is 3.23. The molecule has 1 N–H and O–H groups in total. The van der Waals surface area contributed by atoms with Crippen LogP contribution in [0.15, 0.2) is 48.7 Å². The Morgan fingerprint density at radius 1 is 0.933 bits per heavy atom. The predicted octanol–water partition coefficient (Wildman–Crippen LogP) is 4.70. The van der Waals surface area contributed by atoms with Crippen molar-refractivity contribution in [3.63, 3.8) is 0 Å². The maximum Gasteiger partial charge on any atom is 0.123 e. The molecule has 0 bridgehead atoms. The van der Waals surface area contributed by atoms with Gasteiger partial charge in [-0.2, -0.15) is 0 Å². The minimum atomic E-state index is 0.0213. The number of benzene rings is 2. The van der Waals surface area contributed by atoms with Crippen LogP contribution in [-0.2, 0) is 6.42 Å². The summed E-state index contributed by atoms with van der Waals surface area (Å²) in [6.45, 7) is 4.84. The zero-order valence-corrected chi connectivity index (χ0v) is 17.9. The van der Waals surface area contributed by atoms with E-state index >= 15 is 0 Å². The van der Waals surface area contributed by atoms with E-state index in [4.69, 9.17) is 4.74 Å². The number of aromatic nitrogens is 1. The van der Waals surface area contributed by atoms with Crippen molar-refractivity contribution in [2.45, 2.75) is 43.7 Å². The van der Waals surface area contributed by atoms with Gasteiger partial charge in [-0.25, -0.2) is 0 Å². The number of ether oxygens (including phenoxy) is 1. The number of H-pyrrole nitrogens is 1. The summed E-state index contributed by atoms with van der Waals surface area (Å²) in [6.07, 6.45) is 8.01. The van der Waals surface area contributed by atoms with Gasteiger partial charge in [0.2, 0.25) is 0 Å². The predicted molar refractivity (Wildman–Crippen MR) is 122 cm³/mol. The Morgan fingerprint density at radius 2 is 1.70 bits per heavy atom. The van der Waals surface area contributed by atoms with Gasteiger partial charge in [0, 0.05) is 50.1 Å². The quantitative estimate of drug-likeness (QED) is 0.675. The third-order valence-electron chi connectivity index (χ3n) is 7.70. The fourth-order valence-corrected chi connectivity index (χ4v) is 5.78. The van der Waals surface area contributed by atoms with Crippen LogP contribution in [0.2, 0.25) is 0 Å². The zero-order chi connectivity index (χ0) is 20.1. The van der Waals surface area contributed by atoms with Crippen molar-refractivity contribution in [2.75, 3.05) is 33.2 Å². The summed E-state index contributed by atoms with van der Waals surface area (Å²) in [5, 5.41) is 1.27. The van der Waals surface area contributed by atoms with E-state index in [9.17, 15) is 0 Å². The largest absolute Gasteiger partial charge is 0.487 e. The second-order valence-electron chi connectivity index (χ2n) is 9.63. The number of fused-ring (bicyclic) bond motifs is 2. The molecule has 156 valence electrons. The highest BCUT2D eigenvalue weighted by Gasteiger charge is 2.43. The van der Waals surface area contributed by atoms with Crippen LogP contribution in [0.5, 0.6) is 5.75 Å². The first-order valence-electron chi connectivity index (χ1n) is 11.5. The fraction of sp³-hybridized carbons (Fsp3) is 0.462. The van der Waals surface area contributed by atoms with E-state index in [1.807, 2.05) is 6.20 Å². The van der Waals surface area contributed by atoms with Gasteiger partial charge in [0.25, 0.3) is 0 Å². The van der Waals surface area contributed by atoms with Gasteiger partial charge in [-0.15, -0.1) is 0 Å². The van der Waals surface area contributed by atoms with E-state index in [1.54, 1.807) is 0 Å². The fourth-order valence-electron chi connectivity index (χ4n) is 5.78. The van der Waals surface area contributed by atoms with Crippen LogP contribution >= 0.6 is 0 Å². The molecular weight excluding hydrogens is 370 g/mol. The molecular formula is C26H31N3O.